The van der Waals surface area contributed by atoms with Crippen LogP contribution in [0.5, 0.6) is 0 Å². The molecule has 0 aliphatic heterocycles. The molecule has 1 aliphatic rings. The van der Waals surface area contributed by atoms with Crippen LogP contribution in [0, 0.1) is 0 Å². The van der Waals surface area contributed by atoms with E-state index < -0.39 is 0 Å². The van der Waals surface area contributed by atoms with E-state index in [-0.39, 0.29) is 4.32 Å². The second kappa shape index (κ2) is 6.42. The van der Waals surface area contributed by atoms with E-state index in [0.717, 1.165) is 12.0 Å². The molecular weight excluding hydrogens is 236 g/mol. The maximum atomic E-state index is 5.26. The minimum absolute atomic E-state index is 0.248. The Balaban J connectivity index is 2.15. The van der Waals surface area contributed by atoms with Crippen molar-refractivity contribution in [3.05, 3.63) is 0 Å². The van der Waals surface area contributed by atoms with Crippen molar-refractivity contribution >= 4 is 46.0 Å². The predicted octanol–water partition coefficient (Wildman–Crippen LogP) is 2.10. The molecule has 3 N–H and O–H groups in total. The molecule has 0 unspecified atom stereocenters. The third-order valence-electron chi connectivity index (χ3n) is 2.13. The van der Waals surface area contributed by atoms with E-state index in [9.17, 15) is 0 Å². The summed E-state index contributed by atoms with van der Waals surface area (Å²) in [5.41, 5.74) is 5.26. The van der Waals surface area contributed by atoms with Gasteiger partial charge in [-0.05, 0) is 37.3 Å². The van der Waals surface area contributed by atoms with Gasteiger partial charge in [0, 0.05) is 6.04 Å². The molecule has 1 rings (SSSR count). The van der Waals surface area contributed by atoms with Crippen molar-refractivity contribution in [1.29, 1.82) is 0 Å². The Morgan fingerprint density at radius 2 is 1.93 bits per heavy atom. The van der Waals surface area contributed by atoms with Gasteiger partial charge in [0.15, 0.2) is 4.32 Å². The Hall–Kier alpha value is -0.0700. The monoisotopic (exact) mass is 250 g/mol. The van der Waals surface area contributed by atoms with Gasteiger partial charge in [-0.1, -0.05) is 19.3 Å². The summed E-state index contributed by atoms with van der Waals surface area (Å²) in [6, 6.07) is 0.461. The number of nitrogens with two attached hydrogens (primary N) is 1. The topological polar surface area (TPSA) is 47.3 Å². The Morgan fingerprint density at radius 3 is 2.50 bits per heavy atom. The SMILES string of the molecule is NC(=S)SOC(=S)NC1CCCCC1. The van der Waals surface area contributed by atoms with Crippen molar-refractivity contribution < 1.29 is 4.18 Å². The van der Waals surface area contributed by atoms with Crippen molar-refractivity contribution in [2.24, 2.45) is 5.73 Å². The van der Waals surface area contributed by atoms with Gasteiger partial charge in [0.05, 0.1) is 0 Å². The van der Waals surface area contributed by atoms with Crippen LogP contribution in [-0.2, 0) is 4.18 Å². The first-order valence-corrected chi connectivity index (χ1v) is 6.19. The molecule has 3 nitrogen and oxygen atoms in total. The van der Waals surface area contributed by atoms with Crippen molar-refractivity contribution in [3.63, 3.8) is 0 Å². The maximum Gasteiger partial charge on any atom is 0.270 e. The Bertz CT molecular complexity index is 217. The van der Waals surface area contributed by atoms with Crippen LogP contribution in [0.4, 0.5) is 0 Å². The molecule has 0 heterocycles. The average Bonchev–Trinajstić information content (AvgIpc) is 2.16. The van der Waals surface area contributed by atoms with E-state index in [2.05, 4.69) is 17.5 Å². The van der Waals surface area contributed by atoms with Gasteiger partial charge in [-0.2, -0.15) is 0 Å². The number of nitrogens with one attached hydrogen (secondary N) is 1. The first kappa shape index (κ1) is 12.0. The predicted molar refractivity (Wildman–Crippen MR) is 68.1 cm³/mol. The van der Waals surface area contributed by atoms with Crippen LogP contribution >= 0.6 is 36.5 Å². The van der Waals surface area contributed by atoms with E-state index in [1.54, 1.807) is 0 Å². The van der Waals surface area contributed by atoms with E-state index in [1.807, 2.05) is 0 Å². The lowest BCUT2D eigenvalue weighted by Crippen LogP contribution is -2.35. The Morgan fingerprint density at radius 1 is 1.29 bits per heavy atom. The van der Waals surface area contributed by atoms with Crippen LogP contribution in [-0.4, -0.2) is 15.5 Å². The quantitative estimate of drug-likeness (QED) is 0.549. The third-order valence-corrected chi connectivity index (χ3v) is 3.05. The molecule has 0 bridgehead atoms. The van der Waals surface area contributed by atoms with Crippen LogP contribution in [0.3, 0.4) is 0 Å². The first-order valence-electron chi connectivity index (χ1n) is 4.63. The zero-order valence-electron chi connectivity index (χ0n) is 7.82. The minimum Gasteiger partial charge on any atom is -0.390 e. The Kier molecular flexibility index (Phi) is 5.50. The van der Waals surface area contributed by atoms with Gasteiger partial charge in [0.2, 0.25) is 0 Å². The highest BCUT2D eigenvalue weighted by Crippen LogP contribution is 2.17. The molecule has 0 aromatic rings. The largest absolute Gasteiger partial charge is 0.390 e. The second-order valence-corrected chi connectivity index (χ2v) is 5.09. The molecule has 1 saturated carbocycles. The number of hydrogen-bond donors (Lipinski definition) is 2. The van der Waals surface area contributed by atoms with Gasteiger partial charge in [-0.25, -0.2) is 0 Å². The summed E-state index contributed by atoms with van der Waals surface area (Å²) < 4.78 is 5.32. The van der Waals surface area contributed by atoms with Gasteiger partial charge in [0.1, 0.15) is 12.0 Å². The van der Waals surface area contributed by atoms with Crippen molar-refractivity contribution in [1.82, 2.24) is 5.32 Å². The molecular formula is C8H14N2OS3. The summed E-state index contributed by atoms with van der Waals surface area (Å²) in [6.45, 7) is 0. The van der Waals surface area contributed by atoms with Crippen LogP contribution in [0.25, 0.3) is 0 Å². The summed E-state index contributed by atoms with van der Waals surface area (Å²) in [6.07, 6.45) is 6.20. The molecule has 0 atom stereocenters. The molecule has 0 spiro atoms. The zero-order valence-corrected chi connectivity index (χ0v) is 10.3. The van der Waals surface area contributed by atoms with Crippen LogP contribution in [0.2, 0.25) is 0 Å². The smallest absolute Gasteiger partial charge is 0.270 e. The van der Waals surface area contributed by atoms with E-state index >= 15 is 0 Å². The lowest BCUT2D eigenvalue weighted by atomic mass is 9.96. The zero-order chi connectivity index (χ0) is 10.4. The molecule has 1 aliphatic carbocycles. The summed E-state index contributed by atoms with van der Waals surface area (Å²) in [7, 11) is 0. The highest BCUT2D eigenvalue weighted by molar-refractivity contribution is 8.20. The first-order chi connectivity index (χ1) is 6.68. The molecule has 1 fully saturated rings. The molecule has 0 saturated heterocycles. The van der Waals surface area contributed by atoms with Gasteiger partial charge in [-0.15, -0.1) is 0 Å². The van der Waals surface area contributed by atoms with Crippen molar-refractivity contribution in [2.75, 3.05) is 0 Å². The highest BCUT2D eigenvalue weighted by Gasteiger charge is 2.14. The summed E-state index contributed by atoms with van der Waals surface area (Å²) >= 11 is 10.6. The van der Waals surface area contributed by atoms with Crippen molar-refractivity contribution in [3.8, 4) is 0 Å². The fraction of sp³-hybridized carbons (Fsp3) is 0.750. The fourth-order valence-corrected chi connectivity index (χ4v) is 2.09. The summed E-state index contributed by atoms with van der Waals surface area (Å²) in [5, 5.41) is 3.53. The minimum atomic E-state index is 0.248. The van der Waals surface area contributed by atoms with E-state index in [0.29, 0.717) is 11.2 Å². The molecule has 0 aromatic heterocycles. The normalized spacial score (nSPS) is 17.4. The Labute approximate surface area is 99.3 Å². The van der Waals surface area contributed by atoms with Crippen LogP contribution < -0.4 is 11.1 Å². The third kappa shape index (κ3) is 4.97. The molecule has 14 heavy (non-hydrogen) atoms. The summed E-state index contributed by atoms with van der Waals surface area (Å²) in [4.78, 5) is 0. The number of rotatable bonds is 1. The van der Waals surface area contributed by atoms with E-state index in [1.165, 1.54) is 32.1 Å². The van der Waals surface area contributed by atoms with E-state index in [4.69, 9.17) is 22.1 Å². The lowest BCUT2D eigenvalue weighted by Gasteiger charge is -2.23. The number of thiocarbonyl (C=S) groups is 2. The standard InChI is InChI=1S/C8H14N2OS3/c9-7(12)14-11-8(13)10-6-4-2-1-3-5-6/h6H,1-5H2,(H2,9,12)(H,10,13). The molecule has 0 aromatic carbocycles. The molecule has 6 heteroatoms. The van der Waals surface area contributed by atoms with Crippen molar-refractivity contribution in [2.45, 2.75) is 38.1 Å². The summed E-state index contributed by atoms with van der Waals surface area (Å²) in [5.74, 6) is 0. The van der Waals surface area contributed by atoms with Gasteiger partial charge >= 0.3 is 0 Å². The highest BCUT2D eigenvalue weighted by atomic mass is 32.2. The lowest BCUT2D eigenvalue weighted by molar-refractivity contribution is 0.401. The fourth-order valence-electron chi connectivity index (χ4n) is 1.52. The van der Waals surface area contributed by atoms with Crippen LogP contribution in [0.15, 0.2) is 0 Å². The van der Waals surface area contributed by atoms with Gasteiger partial charge < -0.3 is 15.2 Å². The molecule has 0 amide bonds. The number of hydrogen-bond acceptors (Lipinski definition) is 4. The van der Waals surface area contributed by atoms with Gasteiger partial charge in [0.25, 0.3) is 5.17 Å². The average molecular weight is 250 g/mol. The molecule has 0 radical (unpaired) electrons. The maximum absolute atomic E-state index is 5.26. The second-order valence-electron chi connectivity index (χ2n) is 3.25. The van der Waals surface area contributed by atoms with Crippen LogP contribution in [0.1, 0.15) is 32.1 Å². The van der Waals surface area contributed by atoms with Gasteiger partial charge in [-0.3, -0.25) is 0 Å². The molecule has 80 valence electrons.